The van der Waals surface area contributed by atoms with Crippen LogP contribution in [0.1, 0.15) is 64.2 Å². The Morgan fingerprint density at radius 3 is 2.17 bits per heavy atom. The van der Waals surface area contributed by atoms with E-state index in [4.69, 9.17) is 0 Å². The Hall–Kier alpha value is -1.78. The molecule has 3 rings (SSSR count). The largest absolute Gasteiger partial charge is 0.381 e. The first-order valence-electron chi connectivity index (χ1n) is 9.10. The van der Waals surface area contributed by atoms with Crippen molar-refractivity contribution in [2.24, 2.45) is 0 Å². The van der Waals surface area contributed by atoms with E-state index in [1.165, 1.54) is 51.4 Å². The standard InChI is InChI=1S/C18H28N4O/c23-18(21-15-9-5-2-6-10-15)22-17-12-11-16(13-19-17)20-14-7-3-1-4-8-14/h11-15,20H,1-10H2,(H2,19,21,22,23). The molecule has 1 aromatic heterocycles. The van der Waals surface area contributed by atoms with E-state index < -0.39 is 0 Å². The number of carbonyl (C=O) groups excluding carboxylic acids is 1. The highest BCUT2D eigenvalue weighted by molar-refractivity contribution is 5.88. The number of anilines is 2. The van der Waals surface area contributed by atoms with Gasteiger partial charge in [0.2, 0.25) is 0 Å². The number of nitrogens with zero attached hydrogens (tertiary/aromatic N) is 1. The fourth-order valence-electron chi connectivity index (χ4n) is 3.62. The van der Waals surface area contributed by atoms with Gasteiger partial charge < -0.3 is 10.6 Å². The van der Waals surface area contributed by atoms with Gasteiger partial charge in [-0.1, -0.05) is 38.5 Å². The minimum Gasteiger partial charge on any atom is -0.381 e. The first-order valence-corrected chi connectivity index (χ1v) is 9.10. The second kappa shape index (κ2) is 8.18. The van der Waals surface area contributed by atoms with Gasteiger partial charge in [-0.3, -0.25) is 5.32 Å². The molecule has 0 aromatic carbocycles. The van der Waals surface area contributed by atoms with E-state index in [9.17, 15) is 4.79 Å². The Balaban J connectivity index is 1.45. The molecule has 5 nitrogen and oxygen atoms in total. The normalized spacial score (nSPS) is 20.0. The van der Waals surface area contributed by atoms with Crippen molar-refractivity contribution in [1.82, 2.24) is 10.3 Å². The first-order chi connectivity index (χ1) is 11.3. The molecule has 2 amide bonds. The topological polar surface area (TPSA) is 66.0 Å². The van der Waals surface area contributed by atoms with Crippen molar-refractivity contribution in [2.75, 3.05) is 10.6 Å². The molecule has 1 heterocycles. The summed E-state index contributed by atoms with van der Waals surface area (Å²) in [6.45, 7) is 0. The van der Waals surface area contributed by atoms with Crippen LogP contribution in [0.3, 0.4) is 0 Å². The van der Waals surface area contributed by atoms with Crippen molar-refractivity contribution in [3.8, 4) is 0 Å². The van der Waals surface area contributed by atoms with Crippen molar-refractivity contribution in [3.05, 3.63) is 18.3 Å². The maximum atomic E-state index is 12.0. The number of rotatable bonds is 4. The Bertz CT molecular complexity index is 490. The molecule has 0 spiro atoms. The van der Waals surface area contributed by atoms with Gasteiger partial charge in [0.05, 0.1) is 11.9 Å². The third-order valence-electron chi connectivity index (χ3n) is 4.92. The summed E-state index contributed by atoms with van der Waals surface area (Å²) in [6.07, 6.45) is 14.2. The molecule has 2 aliphatic rings. The van der Waals surface area contributed by atoms with Crippen LogP contribution in [-0.2, 0) is 0 Å². The highest BCUT2D eigenvalue weighted by Crippen LogP contribution is 2.22. The number of amides is 2. The third-order valence-corrected chi connectivity index (χ3v) is 4.92. The summed E-state index contributed by atoms with van der Waals surface area (Å²) in [5.74, 6) is 0.604. The first kappa shape index (κ1) is 16.1. The maximum Gasteiger partial charge on any atom is 0.320 e. The summed E-state index contributed by atoms with van der Waals surface area (Å²) < 4.78 is 0. The van der Waals surface area contributed by atoms with Gasteiger partial charge in [-0.25, -0.2) is 9.78 Å². The predicted octanol–water partition coefficient (Wildman–Crippen LogP) is 4.28. The lowest BCUT2D eigenvalue weighted by molar-refractivity contribution is 0.244. The van der Waals surface area contributed by atoms with Gasteiger partial charge in [0, 0.05) is 12.1 Å². The molecule has 0 saturated heterocycles. The molecule has 23 heavy (non-hydrogen) atoms. The Kier molecular flexibility index (Phi) is 5.72. The zero-order valence-corrected chi connectivity index (χ0v) is 13.8. The van der Waals surface area contributed by atoms with Crippen LogP contribution in [-0.4, -0.2) is 23.1 Å². The molecule has 3 N–H and O–H groups in total. The summed E-state index contributed by atoms with van der Waals surface area (Å²) in [6, 6.07) is 4.61. The lowest BCUT2D eigenvalue weighted by atomic mass is 9.95. The number of carbonyl (C=O) groups is 1. The number of hydrogen-bond acceptors (Lipinski definition) is 3. The molecule has 0 unspecified atom stereocenters. The molecule has 0 aliphatic heterocycles. The van der Waals surface area contributed by atoms with Crippen molar-refractivity contribution in [2.45, 2.75) is 76.3 Å². The van der Waals surface area contributed by atoms with Crippen LogP contribution in [0.5, 0.6) is 0 Å². The molecule has 0 radical (unpaired) electrons. The summed E-state index contributed by atoms with van der Waals surface area (Å²) in [4.78, 5) is 16.3. The van der Waals surface area contributed by atoms with Crippen molar-refractivity contribution < 1.29 is 4.79 Å². The van der Waals surface area contributed by atoms with Crippen LogP contribution in [0.4, 0.5) is 16.3 Å². The average Bonchev–Trinajstić information content (AvgIpc) is 2.58. The number of hydrogen-bond donors (Lipinski definition) is 3. The number of urea groups is 1. The molecule has 2 saturated carbocycles. The molecule has 5 heteroatoms. The van der Waals surface area contributed by atoms with Gasteiger partial charge in [-0.2, -0.15) is 0 Å². The third kappa shape index (κ3) is 5.12. The number of pyridine rings is 1. The lowest BCUT2D eigenvalue weighted by Gasteiger charge is -2.24. The number of aromatic nitrogens is 1. The fourth-order valence-corrected chi connectivity index (χ4v) is 3.62. The minimum atomic E-state index is -0.141. The summed E-state index contributed by atoms with van der Waals surface area (Å²) in [5, 5.41) is 9.41. The second-order valence-electron chi connectivity index (χ2n) is 6.84. The highest BCUT2D eigenvalue weighted by atomic mass is 16.2. The SMILES string of the molecule is O=C(Nc1ccc(NC2CCCCC2)cn1)NC1CCCCC1. The van der Waals surface area contributed by atoms with Gasteiger partial charge in [-0.15, -0.1) is 0 Å². The monoisotopic (exact) mass is 316 g/mol. The highest BCUT2D eigenvalue weighted by Gasteiger charge is 2.16. The van der Waals surface area contributed by atoms with E-state index in [1.54, 1.807) is 0 Å². The van der Waals surface area contributed by atoms with Gasteiger partial charge in [0.1, 0.15) is 5.82 Å². The molecular weight excluding hydrogens is 288 g/mol. The Labute approximate surface area is 138 Å². The lowest BCUT2D eigenvalue weighted by Crippen LogP contribution is -2.39. The molecule has 0 atom stereocenters. The average molecular weight is 316 g/mol. The predicted molar refractivity (Wildman–Crippen MR) is 93.8 cm³/mol. The van der Waals surface area contributed by atoms with Crippen LogP contribution in [0, 0.1) is 0 Å². The van der Waals surface area contributed by atoms with Crippen LogP contribution in [0.25, 0.3) is 0 Å². The van der Waals surface area contributed by atoms with Crippen molar-refractivity contribution in [3.63, 3.8) is 0 Å². The zero-order chi connectivity index (χ0) is 15.9. The molecule has 2 aliphatic carbocycles. The quantitative estimate of drug-likeness (QED) is 0.776. The summed E-state index contributed by atoms with van der Waals surface area (Å²) in [5.41, 5.74) is 1.04. The van der Waals surface area contributed by atoms with E-state index in [0.29, 0.717) is 17.9 Å². The maximum absolute atomic E-state index is 12.0. The van der Waals surface area contributed by atoms with E-state index in [1.807, 2.05) is 18.3 Å². The van der Waals surface area contributed by atoms with E-state index in [2.05, 4.69) is 20.9 Å². The van der Waals surface area contributed by atoms with Crippen LogP contribution < -0.4 is 16.0 Å². The Morgan fingerprint density at radius 2 is 1.57 bits per heavy atom. The molecule has 1 aromatic rings. The Morgan fingerprint density at radius 1 is 0.913 bits per heavy atom. The van der Waals surface area contributed by atoms with Crippen molar-refractivity contribution >= 4 is 17.5 Å². The molecule has 126 valence electrons. The molecule has 0 bridgehead atoms. The summed E-state index contributed by atoms with van der Waals surface area (Å²) in [7, 11) is 0. The van der Waals surface area contributed by atoms with Gasteiger partial charge in [0.25, 0.3) is 0 Å². The van der Waals surface area contributed by atoms with E-state index in [0.717, 1.165) is 18.5 Å². The molecular formula is C18H28N4O. The minimum absolute atomic E-state index is 0.141. The van der Waals surface area contributed by atoms with Gasteiger partial charge in [0.15, 0.2) is 0 Å². The van der Waals surface area contributed by atoms with Gasteiger partial charge in [-0.05, 0) is 37.8 Å². The molecule has 2 fully saturated rings. The van der Waals surface area contributed by atoms with E-state index >= 15 is 0 Å². The van der Waals surface area contributed by atoms with Crippen LogP contribution in [0.15, 0.2) is 18.3 Å². The van der Waals surface area contributed by atoms with Gasteiger partial charge >= 0.3 is 6.03 Å². The zero-order valence-electron chi connectivity index (χ0n) is 13.8. The van der Waals surface area contributed by atoms with E-state index in [-0.39, 0.29) is 6.03 Å². The fraction of sp³-hybridized carbons (Fsp3) is 0.667. The van der Waals surface area contributed by atoms with Crippen LogP contribution in [0.2, 0.25) is 0 Å². The smallest absolute Gasteiger partial charge is 0.320 e. The van der Waals surface area contributed by atoms with Crippen molar-refractivity contribution in [1.29, 1.82) is 0 Å². The number of nitrogens with one attached hydrogen (secondary N) is 3. The van der Waals surface area contributed by atoms with Crippen LogP contribution >= 0.6 is 0 Å². The summed E-state index contributed by atoms with van der Waals surface area (Å²) >= 11 is 0. The second-order valence-corrected chi connectivity index (χ2v) is 6.84.